The topological polar surface area (TPSA) is 36.4 Å². The molecule has 0 bridgehead atoms. The van der Waals surface area contributed by atoms with Gasteiger partial charge in [-0.05, 0) is 12.1 Å². The molecule has 6 heteroatoms. The van der Waals surface area contributed by atoms with Gasteiger partial charge in [-0.2, -0.15) is 13.2 Å². The second-order valence-corrected chi connectivity index (χ2v) is 3.86. The zero-order valence-electron chi connectivity index (χ0n) is 8.41. The van der Waals surface area contributed by atoms with Crippen molar-refractivity contribution in [3.8, 4) is 0 Å². The maximum Gasteiger partial charge on any atom is 0.417 e. The van der Waals surface area contributed by atoms with Gasteiger partial charge in [-0.25, -0.2) is 4.98 Å². The Bertz CT molecular complexity index is 357. The summed E-state index contributed by atoms with van der Waals surface area (Å²) in [7, 11) is 0. The molecule has 1 aliphatic rings. The molecule has 88 valence electrons. The van der Waals surface area contributed by atoms with Gasteiger partial charge in [-0.15, -0.1) is 0 Å². The van der Waals surface area contributed by atoms with Crippen molar-refractivity contribution >= 4 is 5.82 Å². The lowest BCUT2D eigenvalue weighted by molar-refractivity contribution is -0.137. The fourth-order valence-corrected chi connectivity index (χ4v) is 1.61. The van der Waals surface area contributed by atoms with Crippen LogP contribution >= 0.6 is 0 Å². The van der Waals surface area contributed by atoms with E-state index >= 15 is 0 Å². The summed E-state index contributed by atoms with van der Waals surface area (Å²) < 4.78 is 36.7. The highest BCUT2D eigenvalue weighted by Crippen LogP contribution is 2.30. The Morgan fingerprint density at radius 2 is 2.06 bits per heavy atom. The highest BCUT2D eigenvalue weighted by molar-refractivity contribution is 5.42. The Hall–Kier alpha value is -1.30. The Balaban J connectivity index is 2.04. The zero-order chi connectivity index (χ0) is 11.8. The van der Waals surface area contributed by atoms with Crippen molar-refractivity contribution in [1.29, 1.82) is 0 Å². The van der Waals surface area contributed by atoms with Crippen molar-refractivity contribution in [2.75, 3.05) is 24.6 Å². The predicted octanol–water partition coefficient (Wildman–Crippen LogP) is 1.53. The molecular weight excluding hydrogens is 221 g/mol. The first-order valence-corrected chi connectivity index (χ1v) is 4.90. The second kappa shape index (κ2) is 3.93. The first-order chi connectivity index (χ1) is 7.50. The minimum Gasteiger partial charge on any atom is -0.396 e. The molecule has 2 heterocycles. The van der Waals surface area contributed by atoms with E-state index in [0.29, 0.717) is 18.9 Å². The van der Waals surface area contributed by atoms with E-state index in [1.165, 1.54) is 6.07 Å². The first-order valence-electron chi connectivity index (χ1n) is 4.90. The molecule has 0 atom stereocenters. The van der Waals surface area contributed by atoms with E-state index < -0.39 is 11.7 Å². The molecule has 1 N–H and O–H groups in total. The Morgan fingerprint density at radius 3 is 2.50 bits per heavy atom. The molecule has 16 heavy (non-hydrogen) atoms. The summed E-state index contributed by atoms with van der Waals surface area (Å²) in [5.74, 6) is 0.738. The van der Waals surface area contributed by atoms with Gasteiger partial charge in [0.1, 0.15) is 5.82 Å². The number of aliphatic hydroxyl groups excluding tert-OH is 1. The van der Waals surface area contributed by atoms with E-state index in [9.17, 15) is 13.2 Å². The van der Waals surface area contributed by atoms with Crippen molar-refractivity contribution in [3.05, 3.63) is 23.9 Å². The molecule has 0 aromatic carbocycles. The van der Waals surface area contributed by atoms with E-state index in [0.717, 1.165) is 12.3 Å². The van der Waals surface area contributed by atoms with Crippen LogP contribution < -0.4 is 4.90 Å². The van der Waals surface area contributed by atoms with E-state index in [-0.39, 0.29) is 12.5 Å². The van der Waals surface area contributed by atoms with Gasteiger partial charge in [-0.1, -0.05) is 0 Å². The quantitative estimate of drug-likeness (QED) is 0.840. The van der Waals surface area contributed by atoms with Crippen molar-refractivity contribution < 1.29 is 18.3 Å². The van der Waals surface area contributed by atoms with Crippen LogP contribution in [0.5, 0.6) is 0 Å². The summed E-state index contributed by atoms with van der Waals surface area (Å²) in [6.45, 7) is 1.40. The van der Waals surface area contributed by atoms with Crippen LogP contribution in [0.1, 0.15) is 5.56 Å². The predicted molar refractivity (Wildman–Crippen MR) is 52.0 cm³/mol. The number of alkyl halides is 3. The molecule has 2 rings (SSSR count). The summed E-state index contributed by atoms with van der Waals surface area (Å²) in [6.07, 6.45) is -3.50. The lowest BCUT2D eigenvalue weighted by Crippen LogP contribution is -2.48. The largest absolute Gasteiger partial charge is 0.417 e. The third-order valence-electron chi connectivity index (χ3n) is 2.61. The monoisotopic (exact) mass is 232 g/mol. The van der Waals surface area contributed by atoms with Gasteiger partial charge >= 0.3 is 6.18 Å². The smallest absolute Gasteiger partial charge is 0.396 e. The Labute approximate surface area is 90.5 Å². The van der Waals surface area contributed by atoms with Crippen molar-refractivity contribution in [1.82, 2.24) is 4.98 Å². The number of aromatic nitrogens is 1. The molecule has 0 radical (unpaired) electrons. The third-order valence-corrected chi connectivity index (χ3v) is 2.61. The van der Waals surface area contributed by atoms with E-state index in [1.807, 2.05) is 4.90 Å². The highest BCUT2D eigenvalue weighted by atomic mass is 19.4. The van der Waals surface area contributed by atoms with E-state index in [4.69, 9.17) is 5.11 Å². The molecule has 0 aliphatic carbocycles. The fraction of sp³-hybridized carbons (Fsp3) is 0.500. The number of rotatable bonds is 2. The summed E-state index contributed by atoms with van der Waals surface area (Å²) in [6, 6.07) is 2.38. The maximum absolute atomic E-state index is 12.2. The molecule has 1 aromatic heterocycles. The molecule has 0 amide bonds. The lowest BCUT2D eigenvalue weighted by atomic mass is 10.0. The first kappa shape index (κ1) is 11.2. The van der Waals surface area contributed by atoms with Gasteiger partial charge in [-0.3, -0.25) is 0 Å². The van der Waals surface area contributed by atoms with Crippen molar-refractivity contribution in [2.24, 2.45) is 5.92 Å². The number of pyridine rings is 1. The van der Waals surface area contributed by atoms with Crippen LogP contribution in [0.3, 0.4) is 0 Å². The molecule has 1 fully saturated rings. The van der Waals surface area contributed by atoms with Crippen LogP contribution in [-0.2, 0) is 6.18 Å². The Morgan fingerprint density at radius 1 is 1.38 bits per heavy atom. The molecule has 1 aliphatic heterocycles. The number of halogens is 3. The minimum atomic E-state index is -4.34. The van der Waals surface area contributed by atoms with Crippen molar-refractivity contribution in [3.63, 3.8) is 0 Å². The molecule has 3 nitrogen and oxygen atoms in total. The van der Waals surface area contributed by atoms with Gasteiger partial charge < -0.3 is 10.0 Å². The number of hydrogen-bond acceptors (Lipinski definition) is 3. The fourth-order valence-electron chi connectivity index (χ4n) is 1.61. The number of anilines is 1. The number of hydrogen-bond donors (Lipinski definition) is 1. The van der Waals surface area contributed by atoms with E-state index in [2.05, 4.69) is 4.98 Å². The molecular formula is C10H11F3N2O. The molecule has 0 saturated carbocycles. The van der Waals surface area contributed by atoms with Crippen LogP contribution in [0.25, 0.3) is 0 Å². The maximum atomic E-state index is 12.2. The summed E-state index contributed by atoms with van der Waals surface area (Å²) in [5.41, 5.74) is -0.740. The van der Waals surface area contributed by atoms with Crippen LogP contribution in [0.15, 0.2) is 18.3 Å². The highest BCUT2D eigenvalue weighted by Gasteiger charge is 2.32. The van der Waals surface area contributed by atoms with Crippen LogP contribution in [0.2, 0.25) is 0 Å². The standard InChI is InChI=1S/C10H11F3N2O/c11-10(12,13)8-1-2-9(14-3-8)15-4-7(5-15)6-16/h1-3,7,16H,4-6H2. The summed E-state index contributed by atoms with van der Waals surface area (Å²) in [4.78, 5) is 5.59. The van der Waals surface area contributed by atoms with Gasteiger partial charge in [0.2, 0.25) is 0 Å². The third kappa shape index (κ3) is 2.11. The lowest BCUT2D eigenvalue weighted by Gasteiger charge is -2.39. The number of nitrogens with zero attached hydrogens (tertiary/aromatic N) is 2. The van der Waals surface area contributed by atoms with Gasteiger partial charge in [0.25, 0.3) is 0 Å². The zero-order valence-corrected chi connectivity index (χ0v) is 8.41. The summed E-state index contributed by atoms with van der Waals surface area (Å²) in [5, 5.41) is 8.81. The minimum absolute atomic E-state index is 0.108. The second-order valence-electron chi connectivity index (χ2n) is 3.86. The molecule has 0 unspecified atom stereocenters. The van der Waals surface area contributed by atoms with Crippen LogP contribution in [-0.4, -0.2) is 29.8 Å². The molecule has 1 saturated heterocycles. The average Bonchev–Trinajstić information content (AvgIpc) is 2.15. The van der Waals surface area contributed by atoms with E-state index in [1.54, 1.807) is 0 Å². The van der Waals surface area contributed by atoms with Gasteiger partial charge in [0.15, 0.2) is 0 Å². The number of aliphatic hydroxyl groups is 1. The summed E-state index contributed by atoms with van der Waals surface area (Å²) >= 11 is 0. The Kier molecular flexibility index (Phi) is 2.75. The van der Waals surface area contributed by atoms with Crippen molar-refractivity contribution in [2.45, 2.75) is 6.18 Å². The SMILES string of the molecule is OCC1CN(c2ccc(C(F)(F)F)cn2)C1. The van der Waals surface area contributed by atoms with Gasteiger partial charge in [0, 0.05) is 31.8 Å². The average molecular weight is 232 g/mol. The molecule has 0 spiro atoms. The van der Waals surface area contributed by atoms with Crippen LogP contribution in [0.4, 0.5) is 19.0 Å². The van der Waals surface area contributed by atoms with Gasteiger partial charge in [0.05, 0.1) is 5.56 Å². The molecule has 1 aromatic rings. The van der Waals surface area contributed by atoms with Crippen LogP contribution in [0, 0.1) is 5.92 Å². The normalized spacial score (nSPS) is 17.4.